The number of nitrogens with zero attached hydrogens (tertiary/aromatic N) is 1. The van der Waals surface area contributed by atoms with Crippen LogP contribution in [-0.4, -0.2) is 33.3 Å². The molecule has 0 radical (unpaired) electrons. The number of halogens is 1. The van der Waals surface area contributed by atoms with E-state index in [0.717, 1.165) is 29.6 Å². The first kappa shape index (κ1) is 23.1. The lowest BCUT2D eigenvalue weighted by Gasteiger charge is -2.17. The average molecular weight is 483 g/mol. The number of benzene rings is 2. The molecule has 0 heterocycles. The van der Waals surface area contributed by atoms with Crippen LogP contribution in [0.2, 0.25) is 0 Å². The molecule has 2 aromatic rings. The summed E-state index contributed by atoms with van der Waals surface area (Å²) in [6, 6.07) is 16.4. The summed E-state index contributed by atoms with van der Waals surface area (Å²) in [6.45, 7) is 6.25. The van der Waals surface area contributed by atoms with Gasteiger partial charge in [0.15, 0.2) is 17.5 Å². The predicted octanol–water partition coefficient (Wildman–Crippen LogP) is 4.18. The number of hydrogen-bond donors (Lipinski definition) is 2. The van der Waals surface area contributed by atoms with Crippen LogP contribution in [0.25, 0.3) is 0 Å². The van der Waals surface area contributed by atoms with Gasteiger partial charge in [-0.1, -0.05) is 43.3 Å². The molecular weight excluding hydrogens is 453 g/mol. The van der Waals surface area contributed by atoms with Gasteiger partial charge in [-0.3, -0.25) is 4.99 Å². The van der Waals surface area contributed by atoms with E-state index in [2.05, 4.69) is 46.8 Å². The van der Waals surface area contributed by atoms with Crippen LogP contribution in [0.4, 0.5) is 0 Å². The minimum atomic E-state index is 0. The van der Waals surface area contributed by atoms with Crippen molar-refractivity contribution < 1.29 is 9.47 Å². The molecule has 2 aromatic carbocycles. The van der Waals surface area contributed by atoms with E-state index in [1.54, 1.807) is 14.2 Å². The minimum Gasteiger partial charge on any atom is -0.493 e. The van der Waals surface area contributed by atoms with Gasteiger partial charge < -0.3 is 20.1 Å². The summed E-state index contributed by atoms with van der Waals surface area (Å²) in [5, 5.41) is 6.72. The molecule has 0 fully saturated rings. The molecule has 0 aromatic heterocycles. The van der Waals surface area contributed by atoms with Crippen molar-refractivity contribution in [2.24, 2.45) is 4.99 Å². The molecule has 0 saturated carbocycles. The molecule has 0 amide bonds. The van der Waals surface area contributed by atoms with Crippen molar-refractivity contribution in [3.63, 3.8) is 0 Å². The zero-order valence-electron chi connectivity index (χ0n) is 16.5. The van der Waals surface area contributed by atoms with Crippen LogP contribution in [0.1, 0.15) is 30.9 Å². The van der Waals surface area contributed by atoms with E-state index in [9.17, 15) is 0 Å². The Morgan fingerprint density at radius 3 is 2.44 bits per heavy atom. The maximum absolute atomic E-state index is 5.56. The molecular formula is C21H30IN3O2. The Morgan fingerprint density at radius 1 is 1.07 bits per heavy atom. The first-order valence-electron chi connectivity index (χ1n) is 8.97. The van der Waals surface area contributed by atoms with Gasteiger partial charge in [-0.25, -0.2) is 0 Å². The second-order valence-electron chi connectivity index (χ2n) is 6.04. The van der Waals surface area contributed by atoms with E-state index in [4.69, 9.17) is 9.47 Å². The molecule has 27 heavy (non-hydrogen) atoms. The number of aliphatic imine (C=N–C) groups is 1. The van der Waals surface area contributed by atoms with Gasteiger partial charge in [0.05, 0.1) is 13.7 Å². The lowest BCUT2D eigenvalue weighted by Crippen LogP contribution is -2.38. The molecule has 0 bridgehead atoms. The van der Waals surface area contributed by atoms with Crippen LogP contribution >= 0.6 is 24.0 Å². The number of rotatable bonds is 8. The molecule has 6 heteroatoms. The van der Waals surface area contributed by atoms with Gasteiger partial charge >= 0.3 is 0 Å². The fourth-order valence-corrected chi connectivity index (χ4v) is 2.65. The Bertz CT molecular complexity index is 708. The number of ether oxygens (including phenoxy) is 2. The third-order valence-corrected chi connectivity index (χ3v) is 4.16. The predicted molar refractivity (Wildman–Crippen MR) is 123 cm³/mol. The summed E-state index contributed by atoms with van der Waals surface area (Å²) in [5.74, 6) is 2.69. The summed E-state index contributed by atoms with van der Waals surface area (Å²) in [5.41, 5.74) is 2.41. The van der Waals surface area contributed by atoms with Crippen molar-refractivity contribution in [1.29, 1.82) is 0 Å². The van der Waals surface area contributed by atoms with Gasteiger partial charge in [0.1, 0.15) is 0 Å². The zero-order chi connectivity index (χ0) is 18.8. The van der Waals surface area contributed by atoms with E-state index in [1.165, 1.54) is 5.56 Å². The lowest BCUT2D eigenvalue weighted by molar-refractivity contribution is 0.310. The van der Waals surface area contributed by atoms with Crippen molar-refractivity contribution in [3.8, 4) is 11.5 Å². The SMILES string of the molecule is CCOc1ccc(CNC(=NC)NCC(C)c2ccccc2)cc1OC.I. The monoisotopic (exact) mass is 483 g/mol. The standard InChI is InChI=1S/C21H29N3O2.HI/c1-5-26-19-12-11-17(13-20(19)25-4)15-24-21(22-3)23-14-16(2)18-9-7-6-8-10-18;/h6-13,16H,5,14-15H2,1-4H3,(H2,22,23,24);1H. The minimum absolute atomic E-state index is 0. The molecule has 0 spiro atoms. The third-order valence-electron chi connectivity index (χ3n) is 4.16. The molecule has 0 aliphatic heterocycles. The first-order valence-corrected chi connectivity index (χ1v) is 8.97. The van der Waals surface area contributed by atoms with Crippen molar-refractivity contribution >= 4 is 29.9 Å². The van der Waals surface area contributed by atoms with Gasteiger partial charge in [-0.15, -0.1) is 24.0 Å². The molecule has 148 valence electrons. The highest BCUT2D eigenvalue weighted by Crippen LogP contribution is 2.27. The number of nitrogens with one attached hydrogen (secondary N) is 2. The lowest BCUT2D eigenvalue weighted by atomic mass is 10.0. The number of methoxy groups -OCH3 is 1. The summed E-state index contributed by atoms with van der Waals surface area (Å²) in [4.78, 5) is 4.30. The summed E-state index contributed by atoms with van der Waals surface area (Å²) < 4.78 is 11.0. The van der Waals surface area contributed by atoms with Crippen LogP contribution < -0.4 is 20.1 Å². The van der Waals surface area contributed by atoms with Gasteiger partial charge in [-0.05, 0) is 36.1 Å². The molecule has 0 aliphatic carbocycles. The Balaban J connectivity index is 0.00000364. The fraction of sp³-hybridized carbons (Fsp3) is 0.381. The molecule has 1 atom stereocenters. The normalized spacial score (nSPS) is 11.9. The third kappa shape index (κ3) is 7.28. The zero-order valence-corrected chi connectivity index (χ0v) is 18.8. The molecule has 1 unspecified atom stereocenters. The van der Waals surface area contributed by atoms with Crippen molar-refractivity contribution in [2.75, 3.05) is 27.3 Å². The Morgan fingerprint density at radius 2 is 1.81 bits per heavy atom. The summed E-state index contributed by atoms with van der Waals surface area (Å²) in [7, 11) is 3.43. The highest BCUT2D eigenvalue weighted by molar-refractivity contribution is 14.0. The van der Waals surface area contributed by atoms with E-state index >= 15 is 0 Å². The first-order chi connectivity index (χ1) is 12.7. The van der Waals surface area contributed by atoms with E-state index in [-0.39, 0.29) is 24.0 Å². The van der Waals surface area contributed by atoms with Crippen molar-refractivity contribution in [1.82, 2.24) is 10.6 Å². The highest BCUT2D eigenvalue weighted by atomic mass is 127. The van der Waals surface area contributed by atoms with E-state index < -0.39 is 0 Å². The van der Waals surface area contributed by atoms with E-state index in [1.807, 2.05) is 31.2 Å². The topological polar surface area (TPSA) is 54.9 Å². The largest absolute Gasteiger partial charge is 0.493 e. The van der Waals surface area contributed by atoms with Crippen molar-refractivity contribution in [2.45, 2.75) is 26.3 Å². The highest BCUT2D eigenvalue weighted by Gasteiger charge is 2.08. The van der Waals surface area contributed by atoms with Crippen LogP contribution in [0.5, 0.6) is 11.5 Å². The Hall–Kier alpha value is -1.96. The quantitative estimate of drug-likeness (QED) is 0.336. The Labute approximate surface area is 179 Å². The van der Waals surface area contributed by atoms with Crippen molar-refractivity contribution in [3.05, 3.63) is 59.7 Å². The van der Waals surface area contributed by atoms with Crippen LogP contribution in [0.3, 0.4) is 0 Å². The average Bonchev–Trinajstić information content (AvgIpc) is 2.69. The maximum Gasteiger partial charge on any atom is 0.191 e. The second-order valence-corrected chi connectivity index (χ2v) is 6.04. The maximum atomic E-state index is 5.56. The Kier molecular flexibility index (Phi) is 10.6. The second kappa shape index (κ2) is 12.4. The van der Waals surface area contributed by atoms with Gasteiger partial charge in [0.25, 0.3) is 0 Å². The number of guanidine groups is 1. The van der Waals surface area contributed by atoms with Gasteiger partial charge in [-0.2, -0.15) is 0 Å². The molecule has 0 aliphatic rings. The van der Waals surface area contributed by atoms with Gasteiger partial charge in [0.2, 0.25) is 0 Å². The van der Waals surface area contributed by atoms with E-state index in [0.29, 0.717) is 19.1 Å². The number of hydrogen-bond acceptors (Lipinski definition) is 3. The molecule has 5 nitrogen and oxygen atoms in total. The summed E-state index contributed by atoms with van der Waals surface area (Å²) >= 11 is 0. The van der Waals surface area contributed by atoms with Crippen LogP contribution in [0.15, 0.2) is 53.5 Å². The fourth-order valence-electron chi connectivity index (χ4n) is 2.65. The van der Waals surface area contributed by atoms with Crippen LogP contribution in [-0.2, 0) is 6.54 Å². The molecule has 2 N–H and O–H groups in total. The molecule has 2 rings (SSSR count). The smallest absolute Gasteiger partial charge is 0.191 e. The summed E-state index contributed by atoms with van der Waals surface area (Å²) in [6.07, 6.45) is 0. The molecule has 0 saturated heterocycles. The van der Waals surface area contributed by atoms with Crippen LogP contribution in [0, 0.1) is 0 Å². The van der Waals surface area contributed by atoms with Gasteiger partial charge in [0, 0.05) is 20.1 Å².